The summed E-state index contributed by atoms with van der Waals surface area (Å²) in [5.41, 5.74) is 1.23. The lowest BCUT2D eigenvalue weighted by molar-refractivity contribution is -0.154. The van der Waals surface area contributed by atoms with Crippen molar-refractivity contribution < 1.29 is 23.9 Å². The van der Waals surface area contributed by atoms with Gasteiger partial charge in [0, 0.05) is 36.5 Å². The smallest absolute Gasteiger partial charge is 0.341 e. The first-order valence-corrected chi connectivity index (χ1v) is 10.5. The first-order chi connectivity index (χ1) is 15.3. The molecule has 0 atom stereocenters. The predicted octanol–water partition coefficient (Wildman–Crippen LogP) is 3.26. The Balaban J connectivity index is 2.30. The highest BCUT2D eigenvalue weighted by atomic mass is 16.6. The van der Waals surface area contributed by atoms with Crippen molar-refractivity contribution in [3.8, 4) is 0 Å². The van der Waals surface area contributed by atoms with Gasteiger partial charge in [-0.15, -0.1) is 0 Å². The monoisotopic (exact) mass is 444 g/mol. The Hall–Kier alpha value is -3.62. The first kappa shape index (κ1) is 26.4. The fourth-order valence-electron chi connectivity index (χ4n) is 2.36. The Bertz CT molecular complexity index is 834. The number of rotatable bonds is 11. The highest BCUT2D eigenvalue weighted by molar-refractivity contribution is 6.01. The molecule has 9 nitrogen and oxygen atoms in total. The summed E-state index contributed by atoms with van der Waals surface area (Å²) in [5, 5.41) is 10.7. The highest BCUT2D eigenvalue weighted by Gasteiger charge is 2.13. The number of hydrogen-bond acceptors (Lipinski definition) is 5. The van der Waals surface area contributed by atoms with Crippen molar-refractivity contribution in [1.29, 1.82) is 0 Å². The second-order valence-corrected chi connectivity index (χ2v) is 6.96. The van der Waals surface area contributed by atoms with Crippen LogP contribution >= 0.6 is 0 Å². The maximum Gasteiger partial charge on any atom is 0.341 e. The largest absolute Gasteiger partial charge is 0.386 e. The van der Waals surface area contributed by atoms with E-state index >= 15 is 0 Å². The fourth-order valence-corrected chi connectivity index (χ4v) is 2.36. The molecule has 4 amide bonds. The van der Waals surface area contributed by atoms with E-state index in [4.69, 9.17) is 4.74 Å². The van der Waals surface area contributed by atoms with E-state index in [1.807, 2.05) is 25.1 Å². The molecule has 0 heterocycles. The summed E-state index contributed by atoms with van der Waals surface area (Å²) >= 11 is 0. The van der Waals surface area contributed by atoms with E-state index < -0.39 is 11.9 Å². The second-order valence-electron chi connectivity index (χ2n) is 6.96. The van der Waals surface area contributed by atoms with Gasteiger partial charge in [0.25, 0.3) is 0 Å². The van der Waals surface area contributed by atoms with Crippen LogP contribution in [0.1, 0.15) is 40.0 Å². The minimum Gasteiger partial charge on any atom is -0.386 e. The minimum atomic E-state index is -0.742. The van der Waals surface area contributed by atoms with Crippen molar-refractivity contribution in [1.82, 2.24) is 16.0 Å². The number of urea groups is 2. The van der Waals surface area contributed by atoms with Crippen molar-refractivity contribution >= 4 is 29.7 Å². The van der Waals surface area contributed by atoms with Crippen molar-refractivity contribution in [2.45, 2.75) is 40.0 Å². The van der Waals surface area contributed by atoms with Crippen molar-refractivity contribution in [2.24, 2.45) is 0 Å². The van der Waals surface area contributed by atoms with Crippen LogP contribution < -0.4 is 21.3 Å². The zero-order valence-electron chi connectivity index (χ0n) is 18.8. The number of ether oxygens (including phenoxy) is 1. The molecule has 0 radical (unpaired) electrons. The normalized spacial score (nSPS) is 11.3. The van der Waals surface area contributed by atoms with Crippen molar-refractivity contribution in [3.63, 3.8) is 0 Å². The SMILES string of the molecule is CCCNC(=O)NCCC=C(C)C(=O)OC(=O)C(C)=CCCNC(=O)Nc1ccccc1. The van der Waals surface area contributed by atoms with Crippen LogP contribution in [0, 0.1) is 0 Å². The molecule has 32 heavy (non-hydrogen) atoms. The summed E-state index contributed by atoms with van der Waals surface area (Å²) in [5.74, 6) is -1.48. The van der Waals surface area contributed by atoms with Gasteiger partial charge in [0.05, 0.1) is 0 Å². The number of para-hydroxylation sites is 1. The lowest BCUT2D eigenvalue weighted by atomic mass is 10.2. The number of nitrogens with one attached hydrogen (secondary N) is 4. The number of esters is 2. The Morgan fingerprint density at radius 2 is 1.28 bits per heavy atom. The molecule has 0 unspecified atom stereocenters. The van der Waals surface area contributed by atoms with E-state index in [0.29, 0.717) is 38.2 Å². The molecule has 0 aromatic heterocycles. The molecule has 0 saturated heterocycles. The summed E-state index contributed by atoms with van der Waals surface area (Å²) in [6.07, 6.45) is 4.87. The maximum absolute atomic E-state index is 12.0. The number of benzene rings is 1. The van der Waals surface area contributed by atoms with E-state index in [1.54, 1.807) is 31.2 Å². The maximum atomic E-state index is 12.0. The standard InChI is InChI=1S/C23H32N4O5/c1-4-14-24-22(30)25-15-8-10-17(2)20(28)32-21(29)18(3)11-9-16-26-23(31)27-19-12-6-5-7-13-19/h5-7,10-13H,4,8-9,14-16H2,1-3H3,(H2,24,25,30)(H2,26,27,31). The van der Waals surface area contributed by atoms with Crippen LogP contribution in [0.4, 0.5) is 15.3 Å². The molecule has 1 rings (SSSR count). The molecule has 1 aromatic carbocycles. The number of hydrogen-bond donors (Lipinski definition) is 4. The van der Waals surface area contributed by atoms with Crippen LogP contribution in [0.15, 0.2) is 53.6 Å². The second kappa shape index (κ2) is 15.2. The van der Waals surface area contributed by atoms with Crippen LogP contribution in [0.25, 0.3) is 0 Å². The van der Waals surface area contributed by atoms with Gasteiger partial charge in [0.1, 0.15) is 0 Å². The third-order valence-corrected chi connectivity index (χ3v) is 4.16. The summed E-state index contributed by atoms with van der Waals surface area (Å²) in [4.78, 5) is 47.3. The molecule has 0 bridgehead atoms. The van der Waals surface area contributed by atoms with E-state index in [9.17, 15) is 19.2 Å². The van der Waals surface area contributed by atoms with E-state index in [1.165, 1.54) is 6.92 Å². The lowest BCUT2D eigenvalue weighted by Gasteiger charge is -2.07. The molecule has 0 saturated carbocycles. The topological polar surface area (TPSA) is 126 Å². The molecule has 4 N–H and O–H groups in total. The van der Waals surface area contributed by atoms with Gasteiger partial charge in [0.15, 0.2) is 0 Å². The Morgan fingerprint density at radius 3 is 1.81 bits per heavy atom. The van der Waals surface area contributed by atoms with Crippen LogP contribution in [-0.4, -0.2) is 43.6 Å². The zero-order chi connectivity index (χ0) is 23.8. The highest BCUT2D eigenvalue weighted by Crippen LogP contribution is 2.05. The van der Waals surface area contributed by atoms with E-state index in [2.05, 4.69) is 21.3 Å². The molecular formula is C23H32N4O5. The summed E-state index contributed by atoms with van der Waals surface area (Å²) < 4.78 is 4.85. The third-order valence-electron chi connectivity index (χ3n) is 4.16. The van der Waals surface area contributed by atoms with Gasteiger partial charge < -0.3 is 26.0 Å². The fraction of sp³-hybridized carbons (Fsp3) is 0.391. The van der Waals surface area contributed by atoms with Crippen molar-refractivity contribution in [3.05, 3.63) is 53.6 Å². The summed E-state index contributed by atoms with van der Waals surface area (Å²) in [6.45, 7) is 6.31. The quantitative estimate of drug-likeness (QED) is 0.180. The average molecular weight is 445 g/mol. The number of carbonyl (C=O) groups is 4. The van der Waals surface area contributed by atoms with Crippen LogP contribution in [-0.2, 0) is 14.3 Å². The minimum absolute atomic E-state index is 0.261. The van der Waals surface area contributed by atoms with Gasteiger partial charge in [-0.2, -0.15) is 0 Å². The predicted molar refractivity (Wildman–Crippen MR) is 123 cm³/mol. The number of anilines is 1. The van der Waals surface area contributed by atoms with Crippen LogP contribution in [0.2, 0.25) is 0 Å². The molecule has 1 aromatic rings. The van der Waals surface area contributed by atoms with E-state index in [0.717, 1.165) is 6.42 Å². The summed E-state index contributed by atoms with van der Waals surface area (Å²) in [7, 11) is 0. The lowest BCUT2D eigenvalue weighted by Crippen LogP contribution is -2.36. The van der Waals surface area contributed by atoms with Gasteiger partial charge in [0.2, 0.25) is 0 Å². The molecule has 9 heteroatoms. The number of carbonyl (C=O) groups excluding carboxylic acids is 4. The molecule has 0 aliphatic heterocycles. The molecule has 0 spiro atoms. The first-order valence-electron chi connectivity index (χ1n) is 10.5. The zero-order valence-corrected chi connectivity index (χ0v) is 18.8. The molecule has 174 valence electrons. The summed E-state index contributed by atoms with van der Waals surface area (Å²) in [6, 6.07) is 8.42. The molecule has 0 aliphatic carbocycles. The van der Waals surface area contributed by atoms with Gasteiger partial charge in [-0.25, -0.2) is 19.2 Å². The van der Waals surface area contributed by atoms with Gasteiger partial charge in [-0.05, 0) is 45.2 Å². The van der Waals surface area contributed by atoms with Gasteiger partial charge >= 0.3 is 24.0 Å². The third kappa shape index (κ3) is 11.5. The number of amides is 4. The van der Waals surface area contributed by atoms with Gasteiger partial charge in [-0.1, -0.05) is 37.3 Å². The van der Waals surface area contributed by atoms with E-state index in [-0.39, 0.29) is 23.2 Å². The van der Waals surface area contributed by atoms with Gasteiger partial charge in [-0.3, -0.25) is 0 Å². The Labute approximate surface area is 188 Å². The average Bonchev–Trinajstić information content (AvgIpc) is 2.78. The molecule has 0 fully saturated rings. The van der Waals surface area contributed by atoms with Crippen molar-refractivity contribution in [2.75, 3.05) is 25.0 Å². The van der Waals surface area contributed by atoms with Crippen LogP contribution in [0.5, 0.6) is 0 Å². The molecule has 0 aliphatic rings. The Morgan fingerprint density at radius 1 is 0.781 bits per heavy atom. The van der Waals surface area contributed by atoms with Crippen LogP contribution in [0.3, 0.4) is 0 Å². The Kier molecular flexibility index (Phi) is 12.6. The molecular weight excluding hydrogens is 412 g/mol.